The molecule has 3 heterocycles. The number of rotatable bonds is 4. The molecule has 1 aliphatic heterocycles. The van der Waals surface area contributed by atoms with Gasteiger partial charge in [-0.15, -0.1) is 10.2 Å². The summed E-state index contributed by atoms with van der Waals surface area (Å²) >= 11 is 0. The number of aryl methyl sites for hydroxylation is 1. The smallest absolute Gasteiger partial charge is 0.241 e. The van der Waals surface area contributed by atoms with E-state index < -0.39 is 0 Å². The van der Waals surface area contributed by atoms with Crippen LogP contribution in [-0.4, -0.2) is 44.5 Å². The van der Waals surface area contributed by atoms with Crippen molar-refractivity contribution in [3.8, 4) is 0 Å². The van der Waals surface area contributed by atoms with Gasteiger partial charge in [0.2, 0.25) is 5.91 Å². The summed E-state index contributed by atoms with van der Waals surface area (Å²) in [5.74, 6) is 1.46. The molecule has 0 spiro atoms. The van der Waals surface area contributed by atoms with Gasteiger partial charge in [-0.25, -0.2) is 0 Å². The van der Waals surface area contributed by atoms with Gasteiger partial charge in [0, 0.05) is 17.8 Å². The van der Waals surface area contributed by atoms with Gasteiger partial charge in [0.15, 0.2) is 5.65 Å². The maximum absolute atomic E-state index is 12.7. The molecule has 1 atom stereocenters. The molecule has 2 aromatic heterocycles. The lowest BCUT2D eigenvalue weighted by Crippen LogP contribution is -2.46. The Hall–Kier alpha value is -2.73. The lowest BCUT2D eigenvalue weighted by molar-refractivity contribution is -0.121. The first-order valence-corrected chi connectivity index (χ1v) is 9.53. The highest BCUT2D eigenvalue weighted by atomic mass is 16.2. The van der Waals surface area contributed by atoms with Gasteiger partial charge in [-0.1, -0.05) is 24.3 Å². The maximum atomic E-state index is 12.7. The molecule has 0 bridgehead atoms. The number of hydrogen-bond acceptors (Lipinski definition) is 4. The van der Waals surface area contributed by atoms with E-state index in [9.17, 15) is 4.79 Å². The molecule has 1 N–H and O–H groups in total. The first-order chi connectivity index (χ1) is 13.1. The van der Waals surface area contributed by atoms with Crippen LogP contribution >= 0.6 is 0 Å². The number of nitrogens with zero attached hydrogens (tertiary/aromatic N) is 4. The second-order valence-corrected chi connectivity index (χ2v) is 7.28. The highest BCUT2D eigenvalue weighted by molar-refractivity contribution is 5.95. The van der Waals surface area contributed by atoms with Gasteiger partial charge in [0.1, 0.15) is 5.82 Å². The second-order valence-electron chi connectivity index (χ2n) is 7.28. The number of fused-ring (bicyclic) bond motifs is 1. The van der Waals surface area contributed by atoms with Gasteiger partial charge in [0.05, 0.1) is 6.04 Å². The van der Waals surface area contributed by atoms with E-state index in [1.165, 1.54) is 0 Å². The molecule has 27 heavy (non-hydrogen) atoms. The van der Waals surface area contributed by atoms with Crippen molar-refractivity contribution in [2.24, 2.45) is 0 Å². The lowest BCUT2D eigenvalue weighted by Gasteiger charge is -2.34. The third kappa shape index (κ3) is 3.57. The Morgan fingerprint density at radius 3 is 2.63 bits per heavy atom. The van der Waals surface area contributed by atoms with E-state index in [4.69, 9.17) is 0 Å². The van der Waals surface area contributed by atoms with Crippen molar-refractivity contribution >= 4 is 17.2 Å². The molecular weight excluding hydrogens is 338 g/mol. The topological polar surface area (TPSA) is 62.5 Å². The summed E-state index contributed by atoms with van der Waals surface area (Å²) in [6.07, 6.45) is 3.99. The molecule has 0 unspecified atom stereocenters. The third-order valence-electron chi connectivity index (χ3n) is 5.56. The largest absolute Gasteiger partial charge is 0.324 e. The van der Waals surface area contributed by atoms with Crippen LogP contribution in [0.25, 0.3) is 5.65 Å². The van der Waals surface area contributed by atoms with Gasteiger partial charge < -0.3 is 5.32 Å². The highest BCUT2D eigenvalue weighted by Crippen LogP contribution is 2.28. The SMILES string of the molecule is Cc1ccccc1NC(=O)[C@H](C)N1CCC(c2nnc3ccccn23)CC1. The van der Waals surface area contributed by atoms with E-state index in [1.54, 1.807) is 0 Å². The summed E-state index contributed by atoms with van der Waals surface area (Å²) in [5, 5.41) is 11.7. The number of nitrogens with one attached hydrogen (secondary N) is 1. The third-order valence-corrected chi connectivity index (χ3v) is 5.56. The number of pyridine rings is 1. The van der Waals surface area contributed by atoms with Crippen molar-refractivity contribution in [3.05, 3.63) is 60.0 Å². The molecule has 0 saturated carbocycles. The fourth-order valence-electron chi connectivity index (χ4n) is 3.80. The molecule has 1 saturated heterocycles. The number of anilines is 1. The summed E-state index contributed by atoms with van der Waals surface area (Å²) in [7, 11) is 0. The van der Waals surface area contributed by atoms with Gasteiger partial charge >= 0.3 is 0 Å². The number of piperidine rings is 1. The van der Waals surface area contributed by atoms with Gasteiger partial charge in [-0.05, 0) is 63.5 Å². The van der Waals surface area contributed by atoms with Crippen molar-refractivity contribution in [3.63, 3.8) is 0 Å². The molecule has 1 aliphatic rings. The zero-order chi connectivity index (χ0) is 18.8. The molecule has 1 fully saturated rings. The molecule has 1 aromatic carbocycles. The van der Waals surface area contributed by atoms with E-state index in [2.05, 4.69) is 24.8 Å². The van der Waals surface area contributed by atoms with Crippen LogP contribution in [0.3, 0.4) is 0 Å². The number of carbonyl (C=O) groups is 1. The normalized spacial score (nSPS) is 17.1. The summed E-state index contributed by atoms with van der Waals surface area (Å²) < 4.78 is 2.08. The molecule has 4 rings (SSSR count). The molecule has 140 valence electrons. The van der Waals surface area contributed by atoms with Crippen molar-refractivity contribution in [1.82, 2.24) is 19.5 Å². The minimum Gasteiger partial charge on any atom is -0.324 e. The van der Waals surface area contributed by atoms with Crippen molar-refractivity contribution < 1.29 is 4.79 Å². The Kier molecular flexibility index (Phi) is 4.90. The first-order valence-electron chi connectivity index (χ1n) is 9.53. The van der Waals surface area contributed by atoms with E-state index in [0.717, 1.165) is 48.7 Å². The zero-order valence-corrected chi connectivity index (χ0v) is 15.8. The fourth-order valence-corrected chi connectivity index (χ4v) is 3.80. The average Bonchev–Trinajstić information content (AvgIpc) is 3.13. The number of benzene rings is 1. The molecular formula is C21H25N5O. The summed E-state index contributed by atoms with van der Waals surface area (Å²) in [6, 6.07) is 13.7. The fraction of sp³-hybridized carbons (Fsp3) is 0.381. The van der Waals surface area contributed by atoms with Gasteiger partial charge in [0.25, 0.3) is 0 Å². The van der Waals surface area contributed by atoms with Crippen LogP contribution < -0.4 is 5.32 Å². The number of hydrogen-bond donors (Lipinski definition) is 1. The first kappa shape index (κ1) is 17.7. The van der Waals surface area contributed by atoms with Crippen LogP contribution in [0.5, 0.6) is 0 Å². The number of amides is 1. The lowest BCUT2D eigenvalue weighted by atomic mass is 9.95. The predicted octanol–water partition coefficient (Wildman–Crippen LogP) is 3.24. The monoisotopic (exact) mass is 363 g/mol. The molecule has 6 heteroatoms. The molecule has 6 nitrogen and oxygen atoms in total. The van der Waals surface area contributed by atoms with Crippen molar-refractivity contribution in [2.45, 2.75) is 38.6 Å². The molecule has 0 aliphatic carbocycles. The second kappa shape index (κ2) is 7.48. The molecule has 0 radical (unpaired) electrons. The van der Waals surface area contributed by atoms with Gasteiger partial charge in [-0.2, -0.15) is 0 Å². The van der Waals surface area contributed by atoms with Crippen LogP contribution in [0.4, 0.5) is 5.69 Å². The minimum absolute atomic E-state index is 0.0516. The zero-order valence-electron chi connectivity index (χ0n) is 15.8. The highest BCUT2D eigenvalue weighted by Gasteiger charge is 2.29. The predicted molar refractivity (Wildman–Crippen MR) is 106 cm³/mol. The Morgan fingerprint density at radius 1 is 1.11 bits per heavy atom. The summed E-state index contributed by atoms with van der Waals surface area (Å²) in [4.78, 5) is 14.9. The standard InChI is InChI=1S/C21H25N5O/c1-15-7-3-4-8-18(15)22-21(27)16(2)25-13-10-17(11-14-25)20-24-23-19-9-5-6-12-26(19)20/h3-9,12,16-17H,10-11,13-14H2,1-2H3,(H,22,27)/t16-/m0/s1. The van der Waals surface area contributed by atoms with Crippen molar-refractivity contribution in [2.75, 3.05) is 18.4 Å². The molecule has 1 amide bonds. The van der Waals surface area contributed by atoms with Crippen LogP contribution in [-0.2, 0) is 4.79 Å². The number of para-hydroxylation sites is 1. The quantitative estimate of drug-likeness (QED) is 0.773. The summed E-state index contributed by atoms with van der Waals surface area (Å²) in [5.41, 5.74) is 2.86. The van der Waals surface area contributed by atoms with E-state index >= 15 is 0 Å². The Balaban J connectivity index is 1.38. The Morgan fingerprint density at radius 2 is 1.85 bits per heavy atom. The maximum Gasteiger partial charge on any atom is 0.241 e. The summed E-state index contributed by atoms with van der Waals surface area (Å²) in [6.45, 7) is 5.76. The van der Waals surface area contributed by atoms with E-state index in [0.29, 0.717) is 5.92 Å². The minimum atomic E-state index is -0.152. The van der Waals surface area contributed by atoms with E-state index in [-0.39, 0.29) is 11.9 Å². The number of aromatic nitrogens is 3. The average molecular weight is 363 g/mol. The Labute approximate surface area is 159 Å². The van der Waals surface area contributed by atoms with Crippen LogP contribution in [0.1, 0.15) is 37.1 Å². The van der Waals surface area contributed by atoms with Crippen LogP contribution in [0.15, 0.2) is 48.7 Å². The van der Waals surface area contributed by atoms with E-state index in [1.807, 2.05) is 62.5 Å². The number of likely N-dealkylation sites (tertiary alicyclic amines) is 1. The van der Waals surface area contributed by atoms with Crippen LogP contribution in [0.2, 0.25) is 0 Å². The van der Waals surface area contributed by atoms with Crippen LogP contribution in [0, 0.1) is 6.92 Å². The molecule has 3 aromatic rings. The number of carbonyl (C=O) groups excluding carboxylic acids is 1. The Bertz CT molecular complexity index is 942. The van der Waals surface area contributed by atoms with Crippen molar-refractivity contribution in [1.29, 1.82) is 0 Å². The van der Waals surface area contributed by atoms with Gasteiger partial charge in [-0.3, -0.25) is 14.1 Å².